The fraction of sp³-hybridized carbons (Fsp3) is 0.500. The molecule has 1 aromatic heterocycles. The quantitative estimate of drug-likeness (QED) is 0.821. The fourth-order valence-corrected chi connectivity index (χ4v) is 4.59. The molecule has 1 saturated carbocycles. The molecule has 1 aromatic carbocycles. The van der Waals surface area contributed by atoms with Gasteiger partial charge in [-0.25, -0.2) is 13.1 Å². The average molecular weight is 363 g/mol. The first-order valence-corrected chi connectivity index (χ1v) is 10.2. The minimum atomic E-state index is -3.56. The zero-order valence-electron chi connectivity index (χ0n) is 14.7. The minimum absolute atomic E-state index is 0.277. The predicted octanol–water partition coefficient (Wildman–Crippen LogP) is 2.84. The van der Waals surface area contributed by atoms with Crippen LogP contribution in [-0.2, 0) is 16.4 Å². The van der Waals surface area contributed by atoms with E-state index in [-0.39, 0.29) is 4.90 Å². The summed E-state index contributed by atoms with van der Waals surface area (Å²) in [5.41, 5.74) is 1.53. The van der Waals surface area contributed by atoms with Gasteiger partial charge < -0.3 is 4.74 Å². The number of methoxy groups -OCH3 is 1. The molecule has 0 unspecified atom stereocenters. The third-order valence-electron chi connectivity index (χ3n) is 4.74. The van der Waals surface area contributed by atoms with Gasteiger partial charge in [0.25, 0.3) is 0 Å². The van der Waals surface area contributed by atoms with Crippen molar-refractivity contribution in [3.05, 3.63) is 41.7 Å². The van der Waals surface area contributed by atoms with Gasteiger partial charge in [-0.3, -0.25) is 4.68 Å². The summed E-state index contributed by atoms with van der Waals surface area (Å²) in [7, 11) is -1.95. The molecule has 0 bridgehead atoms. The fourth-order valence-electron chi connectivity index (χ4n) is 3.39. The molecule has 0 radical (unpaired) electrons. The first-order chi connectivity index (χ1) is 12.0. The Morgan fingerprint density at radius 3 is 2.72 bits per heavy atom. The van der Waals surface area contributed by atoms with Gasteiger partial charge in [-0.15, -0.1) is 0 Å². The van der Waals surface area contributed by atoms with Crippen LogP contribution in [0.3, 0.4) is 0 Å². The van der Waals surface area contributed by atoms with E-state index in [0.29, 0.717) is 24.7 Å². The molecule has 3 rings (SSSR count). The Hall–Kier alpha value is -1.86. The second kappa shape index (κ2) is 7.58. The van der Waals surface area contributed by atoms with Crippen molar-refractivity contribution in [3.8, 4) is 5.75 Å². The Labute approximate surface area is 149 Å². The molecule has 0 amide bonds. The Morgan fingerprint density at radius 2 is 2.00 bits per heavy atom. The summed E-state index contributed by atoms with van der Waals surface area (Å²) in [6, 6.07) is 7.96. The summed E-state index contributed by atoms with van der Waals surface area (Å²) in [5.74, 6) is 0.770. The zero-order chi connectivity index (χ0) is 17.9. The van der Waals surface area contributed by atoms with Gasteiger partial charge in [0.2, 0.25) is 10.0 Å². The van der Waals surface area contributed by atoms with Crippen LogP contribution in [0.15, 0.2) is 35.4 Å². The van der Waals surface area contributed by atoms with E-state index in [1.807, 2.05) is 28.9 Å². The number of aromatic nitrogens is 2. The highest BCUT2D eigenvalue weighted by atomic mass is 32.2. The number of hydrogen-bond acceptors (Lipinski definition) is 4. The Bertz CT molecular complexity index is 824. The van der Waals surface area contributed by atoms with E-state index in [9.17, 15) is 8.42 Å². The number of rotatable bonds is 7. The van der Waals surface area contributed by atoms with E-state index in [1.54, 1.807) is 20.2 Å². The summed E-state index contributed by atoms with van der Waals surface area (Å²) in [6.07, 6.45) is 6.76. The summed E-state index contributed by atoms with van der Waals surface area (Å²) in [6.45, 7) is 2.07. The Kier molecular flexibility index (Phi) is 5.44. The van der Waals surface area contributed by atoms with Crippen molar-refractivity contribution in [3.63, 3.8) is 0 Å². The van der Waals surface area contributed by atoms with Gasteiger partial charge in [-0.2, -0.15) is 5.10 Å². The van der Waals surface area contributed by atoms with E-state index in [0.717, 1.165) is 24.2 Å². The van der Waals surface area contributed by atoms with Crippen molar-refractivity contribution in [2.45, 2.75) is 50.0 Å². The van der Waals surface area contributed by atoms with Gasteiger partial charge in [0.1, 0.15) is 10.6 Å². The topological polar surface area (TPSA) is 73.2 Å². The number of ether oxygens (including phenoxy) is 1. The second-order valence-electron chi connectivity index (χ2n) is 6.46. The molecule has 7 heteroatoms. The molecule has 2 aromatic rings. The average Bonchev–Trinajstić information content (AvgIpc) is 3.24. The number of aryl methyl sites for hydroxylation is 1. The Balaban J connectivity index is 1.67. The van der Waals surface area contributed by atoms with Crippen molar-refractivity contribution < 1.29 is 13.2 Å². The second-order valence-corrected chi connectivity index (χ2v) is 8.19. The lowest BCUT2D eigenvalue weighted by atomic mass is 10.1. The maximum absolute atomic E-state index is 12.6. The zero-order valence-corrected chi connectivity index (χ0v) is 15.6. The molecule has 1 fully saturated rings. The number of nitrogens with one attached hydrogen (secondary N) is 1. The van der Waals surface area contributed by atoms with Gasteiger partial charge in [0.15, 0.2) is 0 Å². The summed E-state index contributed by atoms with van der Waals surface area (Å²) >= 11 is 0. The molecule has 1 aliphatic carbocycles. The lowest BCUT2D eigenvalue weighted by Gasteiger charge is -2.09. The van der Waals surface area contributed by atoms with Crippen molar-refractivity contribution >= 4 is 10.0 Å². The molecule has 0 spiro atoms. The maximum Gasteiger partial charge on any atom is 0.243 e. The van der Waals surface area contributed by atoms with Crippen LogP contribution < -0.4 is 9.46 Å². The van der Waals surface area contributed by atoms with Crippen LogP contribution in [-0.4, -0.2) is 31.9 Å². The highest BCUT2D eigenvalue weighted by Crippen LogP contribution is 2.30. The van der Waals surface area contributed by atoms with Crippen molar-refractivity contribution in [2.24, 2.45) is 0 Å². The standard InChI is InChI=1S/C18H25N3O3S/c1-14-18(13-21(20-14)16-8-4-5-9-16)25(22,23)19-12-11-15-7-3-6-10-17(15)24-2/h3,6-7,10,13,16,19H,4-5,8-9,11-12H2,1-2H3. The smallest absolute Gasteiger partial charge is 0.243 e. The van der Waals surface area contributed by atoms with Gasteiger partial charge in [-0.05, 0) is 37.8 Å². The van der Waals surface area contributed by atoms with Crippen molar-refractivity contribution in [1.29, 1.82) is 0 Å². The number of nitrogens with zero attached hydrogens (tertiary/aromatic N) is 2. The lowest BCUT2D eigenvalue weighted by molar-refractivity contribution is 0.409. The molecule has 1 aliphatic rings. The van der Waals surface area contributed by atoms with E-state index in [2.05, 4.69) is 9.82 Å². The molecule has 0 aliphatic heterocycles. The molecular weight excluding hydrogens is 338 g/mol. The summed E-state index contributed by atoms with van der Waals surface area (Å²) in [5, 5.41) is 4.43. The van der Waals surface area contributed by atoms with Crippen LogP contribution >= 0.6 is 0 Å². The van der Waals surface area contributed by atoms with Crippen LogP contribution in [0, 0.1) is 6.92 Å². The third kappa shape index (κ3) is 4.04. The van der Waals surface area contributed by atoms with E-state index < -0.39 is 10.0 Å². The van der Waals surface area contributed by atoms with Crippen molar-refractivity contribution in [1.82, 2.24) is 14.5 Å². The summed E-state index contributed by atoms with van der Waals surface area (Å²) in [4.78, 5) is 0.277. The van der Waals surface area contributed by atoms with Gasteiger partial charge in [-0.1, -0.05) is 31.0 Å². The maximum atomic E-state index is 12.6. The predicted molar refractivity (Wildman–Crippen MR) is 96.4 cm³/mol. The molecule has 136 valence electrons. The number of sulfonamides is 1. The molecule has 1 heterocycles. The van der Waals surface area contributed by atoms with Crippen LogP contribution in [0.5, 0.6) is 5.75 Å². The van der Waals surface area contributed by atoms with Gasteiger partial charge >= 0.3 is 0 Å². The highest BCUT2D eigenvalue weighted by molar-refractivity contribution is 7.89. The third-order valence-corrected chi connectivity index (χ3v) is 6.30. The number of para-hydroxylation sites is 1. The van der Waals surface area contributed by atoms with Gasteiger partial charge in [0, 0.05) is 12.7 Å². The minimum Gasteiger partial charge on any atom is -0.496 e. The number of benzene rings is 1. The molecular formula is C18H25N3O3S. The normalized spacial score (nSPS) is 15.6. The van der Waals surface area contributed by atoms with E-state index in [1.165, 1.54) is 12.8 Å². The Morgan fingerprint density at radius 1 is 1.28 bits per heavy atom. The molecule has 0 saturated heterocycles. The van der Waals surface area contributed by atoms with Crippen LogP contribution in [0.1, 0.15) is 43.0 Å². The number of hydrogen-bond donors (Lipinski definition) is 1. The highest BCUT2D eigenvalue weighted by Gasteiger charge is 2.24. The van der Waals surface area contributed by atoms with Crippen molar-refractivity contribution in [2.75, 3.05) is 13.7 Å². The van der Waals surface area contributed by atoms with Gasteiger partial charge in [0.05, 0.1) is 18.8 Å². The SMILES string of the molecule is COc1ccccc1CCNS(=O)(=O)c1cn(C2CCCC2)nc1C. The van der Waals surface area contributed by atoms with Crippen LogP contribution in [0.25, 0.3) is 0 Å². The molecule has 6 nitrogen and oxygen atoms in total. The van der Waals surface area contributed by atoms with E-state index in [4.69, 9.17) is 4.74 Å². The van der Waals surface area contributed by atoms with Crippen LogP contribution in [0.4, 0.5) is 0 Å². The molecule has 0 atom stereocenters. The first-order valence-electron chi connectivity index (χ1n) is 8.68. The molecule has 1 N–H and O–H groups in total. The first kappa shape index (κ1) is 17.9. The largest absolute Gasteiger partial charge is 0.496 e. The van der Waals surface area contributed by atoms with Crippen LogP contribution in [0.2, 0.25) is 0 Å². The monoisotopic (exact) mass is 363 g/mol. The molecule has 25 heavy (non-hydrogen) atoms. The van der Waals surface area contributed by atoms with E-state index >= 15 is 0 Å². The summed E-state index contributed by atoms with van der Waals surface area (Å²) < 4.78 is 35.1. The lowest BCUT2D eigenvalue weighted by Crippen LogP contribution is -2.26.